The number of amides is 1. The summed E-state index contributed by atoms with van der Waals surface area (Å²) in [4.78, 5) is 12.3. The van der Waals surface area contributed by atoms with E-state index in [0.29, 0.717) is 28.5 Å². The molecule has 2 aromatic carbocycles. The Hall–Kier alpha value is -3.28. The predicted octanol–water partition coefficient (Wildman–Crippen LogP) is 3.60. The van der Waals surface area contributed by atoms with E-state index in [9.17, 15) is 4.79 Å². The van der Waals surface area contributed by atoms with Gasteiger partial charge in [-0.25, -0.2) is 5.43 Å². The Balaban J connectivity index is 1.79. The van der Waals surface area contributed by atoms with Crippen LogP contribution in [-0.2, 0) is 0 Å². The SMILES string of the molecule is COc1cc(OC)cc(C(=O)N/N=C(/C)c2cc3ccccc3o2)c1. The van der Waals surface area contributed by atoms with E-state index in [4.69, 9.17) is 13.9 Å². The third-order valence-corrected chi connectivity index (χ3v) is 3.72. The van der Waals surface area contributed by atoms with Gasteiger partial charge in [0.25, 0.3) is 5.91 Å². The van der Waals surface area contributed by atoms with Crippen LogP contribution in [0.25, 0.3) is 11.0 Å². The quantitative estimate of drug-likeness (QED) is 0.570. The number of para-hydroxylation sites is 1. The first-order chi connectivity index (χ1) is 12.1. The van der Waals surface area contributed by atoms with Crippen molar-refractivity contribution in [2.24, 2.45) is 5.10 Å². The molecule has 0 atom stereocenters. The molecule has 0 aliphatic carbocycles. The molecule has 0 saturated heterocycles. The van der Waals surface area contributed by atoms with Crippen molar-refractivity contribution in [3.05, 3.63) is 59.9 Å². The van der Waals surface area contributed by atoms with Crippen molar-refractivity contribution in [2.75, 3.05) is 14.2 Å². The van der Waals surface area contributed by atoms with Crippen LogP contribution in [0, 0.1) is 0 Å². The van der Waals surface area contributed by atoms with E-state index in [1.165, 1.54) is 14.2 Å². The van der Waals surface area contributed by atoms with Crippen molar-refractivity contribution >= 4 is 22.6 Å². The van der Waals surface area contributed by atoms with Crippen LogP contribution in [0.3, 0.4) is 0 Å². The lowest BCUT2D eigenvalue weighted by atomic mass is 10.2. The van der Waals surface area contributed by atoms with Crippen LogP contribution in [0.5, 0.6) is 11.5 Å². The van der Waals surface area contributed by atoms with Gasteiger partial charge in [0.2, 0.25) is 0 Å². The molecule has 0 unspecified atom stereocenters. The van der Waals surface area contributed by atoms with Crippen LogP contribution in [0.4, 0.5) is 0 Å². The first-order valence-electron chi connectivity index (χ1n) is 7.67. The fraction of sp³-hybridized carbons (Fsp3) is 0.158. The highest BCUT2D eigenvalue weighted by Crippen LogP contribution is 2.22. The van der Waals surface area contributed by atoms with Gasteiger partial charge in [0.1, 0.15) is 22.8 Å². The summed E-state index contributed by atoms with van der Waals surface area (Å²) in [5.74, 6) is 1.29. The van der Waals surface area contributed by atoms with Gasteiger partial charge in [-0.15, -0.1) is 0 Å². The van der Waals surface area contributed by atoms with Gasteiger partial charge in [-0.1, -0.05) is 18.2 Å². The normalized spacial score (nSPS) is 11.4. The lowest BCUT2D eigenvalue weighted by Crippen LogP contribution is -2.19. The van der Waals surface area contributed by atoms with Gasteiger partial charge >= 0.3 is 0 Å². The van der Waals surface area contributed by atoms with E-state index in [-0.39, 0.29) is 5.91 Å². The summed E-state index contributed by atoms with van der Waals surface area (Å²) in [6.45, 7) is 1.77. The van der Waals surface area contributed by atoms with Gasteiger partial charge in [-0.2, -0.15) is 5.10 Å². The third-order valence-electron chi connectivity index (χ3n) is 3.72. The van der Waals surface area contributed by atoms with Crippen LogP contribution >= 0.6 is 0 Å². The summed E-state index contributed by atoms with van der Waals surface area (Å²) >= 11 is 0. The van der Waals surface area contributed by atoms with E-state index < -0.39 is 0 Å². The summed E-state index contributed by atoms with van der Waals surface area (Å²) < 4.78 is 16.0. The minimum absolute atomic E-state index is 0.368. The number of hydrogen-bond acceptors (Lipinski definition) is 5. The number of furan rings is 1. The van der Waals surface area contributed by atoms with Crippen LogP contribution in [-0.4, -0.2) is 25.8 Å². The molecule has 1 amide bonds. The number of methoxy groups -OCH3 is 2. The monoisotopic (exact) mass is 338 g/mol. The van der Waals surface area contributed by atoms with Crippen molar-refractivity contribution in [1.29, 1.82) is 0 Å². The Morgan fingerprint density at radius 2 is 1.72 bits per heavy atom. The Kier molecular flexibility index (Phi) is 4.70. The Morgan fingerprint density at radius 1 is 1.04 bits per heavy atom. The number of benzene rings is 2. The summed E-state index contributed by atoms with van der Waals surface area (Å²) in [5, 5.41) is 5.10. The molecule has 3 rings (SSSR count). The number of carbonyl (C=O) groups is 1. The highest BCUT2D eigenvalue weighted by Gasteiger charge is 2.11. The van der Waals surface area contributed by atoms with E-state index in [2.05, 4.69) is 10.5 Å². The fourth-order valence-corrected chi connectivity index (χ4v) is 2.35. The van der Waals surface area contributed by atoms with Crippen molar-refractivity contribution < 1.29 is 18.7 Å². The van der Waals surface area contributed by atoms with E-state index in [0.717, 1.165) is 11.0 Å². The zero-order valence-electron chi connectivity index (χ0n) is 14.2. The van der Waals surface area contributed by atoms with Crippen LogP contribution in [0.1, 0.15) is 23.0 Å². The Morgan fingerprint density at radius 3 is 2.36 bits per heavy atom. The second-order valence-corrected chi connectivity index (χ2v) is 5.39. The summed E-state index contributed by atoms with van der Waals surface area (Å²) in [6.07, 6.45) is 0. The molecule has 128 valence electrons. The summed E-state index contributed by atoms with van der Waals surface area (Å²) in [6, 6.07) is 14.5. The molecule has 0 radical (unpaired) electrons. The number of nitrogens with one attached hydrogen (secondary N) is 1. The molecule has 3 aromatic rings. The molecule has 0 saturated carbocycles. The fourth-order valence-electron chi connectivity index (χ4n) is 2.35. The van der Waals surface area contributed by atoms with E-state index >= 15 is 0 Å². The van der Waals surface area contributed by atoms with Crippen molar-refractivity contribution in [3.63, 3.8) is 0 Å². The number of hydrogen-bond donors (Lipinski definition) is 1. The first-order valence-corrected chi connectivity index (χ1v) is 7.67. The lowest BCUT2D eigenvalue weighted by Gasteiger charge is -2.07. The topological polar surface area (TPSA) is 73.1 Å². The van der Waals surface area contributed by atoms with Crippen LogP contribution < -0.4 is 14.9 Å². The molecule has 0 fully saturated rings. The molecule has 6 heteroatoms. The molecular formula is C19H18N2O4. The molecule has 1 aromatic heterocycles. The molecule has 6 nitrogen and oxygen atoms in total. The maximum atomic E-state index is 12.3. The van der Waals surface area contributed by atoms with Gasteiger partial charge in [-0.05, 0) is 31.2 Å². The lowest BCUT2D eigenvalue weighted by molar-refractivity contribution is 0.0954. The minimum Gasteiger partial charge on any atom is -0.497 e. The zero-order chi connectivity index (χ0) is 17.8. The number of carbonyl (C=O) groups excluding carboxylic acids is 1. The number of hydrazone groups is 1. The summed E-state index contributed by atoms with van der Waals surface area (Å²) in [7, 11) is 3.06. The number of fused-ring (bicyclic) bond motifs is 1. The maximum absolute atomic E-state index is 12.3. The van der Waals surface area contributed by atoms with Crippen LogP contribution in [0.2, 0.25) is 0 Å². The van der Waals surface area contributed by atoms with Crippen molar-refractivity contribution in [2.45, 2.75) is 6.92 Å². The largest absolute Gasteiger partial charge is 0.497 e. The zero-order valence-corrected chi connectivity index (χ0v) is 14.2. The average Bonchev–Trinajstić information content (AvgIpc) is 3.09. The van der Waals surface area contributed by atoms with Gasteiger partial charge in [0, 0.05) is 17.0 Å². The smallest absolute Gasteiger partial charge is 0.271 e. The summed E-state index contributed by atoms with van der Waals surface area (Å²) in [5.41, 5.74) is 4.25. The molecule has 0 bridgehead atoms. The second kappa shape index (κ2) is 7.09. The first kappa shape index (κ1) is 16.6. The molecule has 0 spiro atoms. The molecule has 25 heavy (non-hydrogen) atoms. The van der Waals surface area contributed by atoms with Gasteiger partial charge in [-0.3, -0.25) is 4.79 Å². The second-order valence-electron chi connectivity index (χ2n) is 5.39. The van der Waals surface area contributed by atoms with Crippen molar-refractivity contribution in [3.8, 4) is 11.5 Å². The average molecular weight is 338 g/mol. The molecule has 1 heterocycles. The van der Waals surface area contributed by atoms with E-state index in [1.54, 1.807) is 25.1 Å². The Labute approximate surface area is 145 Å². The van der Waals surface area contributed by atoms with E-state index in [1.807, 2.05) is 30.3 Å². The van der Waals surface area contributed by atoms with Gasteiger partial charge < -0.3 is 13.9 Å². The molecule has 0 aliphatic rings. The molecular weight excluding hydrogens is 320 g/mol. The third kappa shape index (κ3) is 3.63. The van der Waals surface area contributed by atoms with Crippen LogP contribution in [0.15, 0.2) is 58.0 Å². The number of ether oxygens (including phenoxy) is 2. The molecule has 0 aliphatic heterocycles. The van der Waals surface area contributed by atoms with Crippen molar-refractivity contribution in [1.82, 2.24) is 5.43 Å². The highest BCUT2D eigenvalue weighted by atomic mass is 16.5. The maximum Gasteiger partial charge on any atom is 0.271 e. The number of rotatable bonds is 5. The van der Waals surface area contributed by atoms with Gasteiger partial charge in [0.05, 0.1) is 14.2 Å². The highest BCUT2D eigenvalue weighted by molar-refractivity contribution is 6.01. The molecule has 1 N–H and O–H groups in total. The van der Waals surface area contributed by atoms with Gasteiger partial charge in [0.15, 0.2) is 5.76 Å². The Bertz CT molecular complexity index is 888. The number of nitrogens with zero attached hydrogens (tertiary/aromatic N) is 1. The predicted molar refractivity (Wildman–Crippen MR) is 95.4 cm³/mol. The standard InChI is InChI=1S/C19H18N2O4/c1-12(18-10-13-6-4-5-7-17(13)25-18)20-21-19(22)14-8-15(23-2)11-16(9-14)24-3/h4-11H,1-3H3,(H,21,22)/b20-12-. The minimum atomic E-state index is -0.368.